The lowest BCUT2D eigenvalue weighted by molar-refractivity contribution is -0.140. The molecule has 0 radical (unpaired) electrons. The first-order valence-electron chi connectivity index (χ1n) is 8.80. The highest BCUT2D eigenvalue weighted by Crippen LogP contribution is 2.37. The summed E-state index contributed by atoms with van der Waals surface area (Å²) in [7, 11) is 0. The van der Waals surface area contributed by atoms with Crippen LogP contribution in [0.25, 0.3) is 0 Å². The van der Waals surface area contributed by atoms with Gasteiger partial charge in [0.05, 0.1) is 13.2 Å². The number of hydrogen-bond acceptors (Lipinski definition) is 4. The van der Waals surface area contributed by atoms with Crippen LogP contribution in [0.15, 0.2) is 36.4 Å². The average molecular weight is 332 g/mol. The van der Waals surface area contributed by atoms with Crippen molar-refractivity contribution in [1.29, 1.82) is 0 Å². The molecule has 0 spiro atoms. The maximum Gasteiger partial charge on any atom is 0.333 e. The standard InChI is InChI=1S/C20H28O4/c1-16(2)20(21)24-15-13-22-12-14-23-19-11-7-6-10-18(19)17-8-4-3-5-9-17/h6-7,10-11,17H,1,3-5,8-9,12-15H2,2H3. The third-order valence-corrected chi connectivity index (χ3v) is 4.26. The Morgan fingerprint density at radius 1 is 1.08 bits per heavy atom. The molecule has 0 atom stereocenters. The summed E-state index contributed by atoms with van der Waals surface area (Å²) in [5.74, 6) is 1.22. The summed E-state index contributed by atoms with van der Waals surface area (Å²) >= 11 is 0. The Morgan fingerprint density at radius 3 is 2.54 bits per heavy atom. The molecule has 0 aliphatic heterocycles. The minimum atomic E-state index is -0.378. The number of hydrogen-bond donors (Lipinski definition) is 0. The van der Waals surface area contributed by atoms with E-state index in [0.29, 0.717) is 31.3 Å². The summed E-state index contributed by atoms with van der Waals surface area (Å²) in [4.78, 5) is 11.2. The minimum Gasteiger partial charge on any atom is -0.491 e. The molecule has 0 amide bonds. The Morgan fingerprint density at radius 2 is 1.79 bits per heavy atom. The Balaban J connectivity index is 1.67. The molecule has 1 fully saturated rings. The van der Waals surface area contributed by atoms with Crippen LogP contribution in [0.2, 0.25) is 0 Å². The molecule has 0 unspecified atom stereocenters. The quantitative estimate of drug-likeness (QED) is 0.385. The van der Waals surface area contributed by atoms with Crippen molar-refractivity contribution in [2.45, 2.75) is 44.9 Å². The first-order valence-corrected chi connectivity index (χ1v) is 8.80. The molecular weight excluding hydrogens is 304 g/mol. The van der Waals surface area contributed by atoms with Gasteiger partial charge in [0.15, 0.2) is 0 Å². The van der Waals surface area contributed by atoms with Gasteiger partial charge in [0.2, 0.25) is 0 Å². The van der Waals surface area contributed by atoms with Crippen LogP contribution in [-0.2, 0) is 14.3 Å². The smallest absolute Gasteiger partial charge is 0.333 e. The topological polar surface area (TPSA) is 44.8 Å². The second-order valence-corrected chi connectivity index (χ2v) is 6.25. The second kappa shape index (κ2) is 10.1. The van der Waals surface area contributed by atoms with Crippen LogP contribution in [0.4, 0.5) is 0 Å². The number of para-hydroxylation sites is 1. The number of carbonyl (C=O) groups excluding carboxylic acids is 1. The Bertz CT molecular complexity index is 532. The second-order valence-electron chi connectivity index (χ2n) is 6.25. The van der Waals surface area contributed by atoms with Crippen LogP contribution < -0.4 is 4.74 Å². The zero-order valence-electron chi connectivity index (χ0n) is 14.6. The third-order valence-electron chi connectivity index (χ3n) is 4.26. The summed E-state index contributed by atoms with van der Waals surface area (Å²) in [5, 5.41) is 0. The van der Waals surface area contributed by atoms with Crippen LogP contribution >= 0.6 is 0 Å². The molecule has 2 rings (SSSR count). The van der Waals surface area contributed by atoms with Gasteiger partial charge in [0, 0.05) is 5.57 Å². The zero-order valence-corrected chi connectivity index (χ0v) is 14.6. The number of rotatable bonds is 9. The molecule has 4 heteroatoms. The van der Waals surface area contributed by atoms with E-state index in [1.807, 2.05) is 12.1 Å². The van der Waals surface area contributed by atoms with E-state index in [0.717, 1.165) is 5.75 Å². The van der Waals surface area contributed by atoms with Gasteiger partial charge in [-0.05, 0) is 37.3 Å². The third kappa shape index (κ3) is 6.00. The van der Waals surface area contributed by atoms with E-state index < -0.39 is 0 Å². The first-order chi connectivity index (χ1) is 11.7. The van der Waals surface area contributed by atoms with Crippen molar-refractivity contribution >= 4 is 5.97 Å². The number of esters is 1. The predicted molar refractivity (Wildman–Crippen MR) is 94.4 cm³/mol. The molecule has 24 heavy (non-hydrogen) atoms. The van der Waals surface area contributed by atoms with Crippen molar-refractivity contribution in [3.63, 3.8) is 0 Å². The van der Waals surface area contributed by atoms with Gasteiger partial charge in [-0.2, -0.15) is 0 Å². The van der Waals surface area contributed by atoms with Gasteiger partial charge >= 0.3 is 5.97 Å². The highest BCUT2D eigenvalue weighted by molar-refractivity contribution is 5.86. The molecule has 0 aromatic heterocycles. The summed E-state index contributed by atoms with van der Waals surface area (Å²) < 4.78 is 16.3. The summed E-state index contributed by atoms with van der Waals surface area (Å²) in [6.07, 6.45) is 6.48. The Kier molecular flexibility index (Phi) is 7.83. The largest absolute Gasteiger partial charge is 0.491 e. The van der Waals surface area contributed by atoms with Crippen LogP contribution in [0.1, 0.15) is 50.5 Å². The van der Waals surface area contributed by atoms with Crippen molar-refractivity contribution in [3.8, 4) is 5.75 Å². The molecule has 1 aromatic carbocycles. The first kappa shape index (κ1) is 18.5. The fraction of sp³-hybridized carbons (Fsp3) is 0.550. The molecule has 1 aromatic rings. The highest BCUT2D eigenvalue weighted by atomic mass is 16.6. The van der Waals surface area contributed by atoms with Crippen LogP contribution in [-0.4, -0.2) is 32.4 Å². The Hall–Kier alpha value is -1.81. The van der Waals surface area contributed by atoms with Gasteiger partial charge in [0.1, 0.15) is 19.0 Å². The predicted octanol–water partition coefficient (Wildman–Crippen LogP) is 4.25. The van der Waals surface area contributed by atoms with Gasteiger partial charge < -0.3 is 14.2 Å². The van der Waals surface area contributed by atoms with E-state index in [1.165, 1.54) is 37.7 Å². The molecule has 0 saturated heterocycles. The van der Waals surface area contributed by atoms with Gasteiger partial charge in [-0.3, -0.25) is 0 Å². The maximum absolute atomic E-state index is 11.2. The molecule has 1 aliphatic rings. The molecule has 0 N–H and O–H groups in total. The van der Waals surface area contributed by atoms with Crippen LogP contribution in [0, 0.1) is 0 Å². The Labute approximate surface area is 144 Å². The summed E-state index contributed by atoms with van der Waals surface area (Å²) in [6, 6.07) is 8.32. The van der Waals surface area contributed by atoms with Crippen molar-refractivity contribution in [1.82, 2.24) is 0 Å². The van der Waals surface area contributed by atoms with E-state index >= 15 is 0 Å². The summed E-state index contributed by atoms with van der Waals surface area (Å²) in [5.41, 5.74) is 1.73. The maximum atomic E-state index is 11.2. The van der Waals surface area contributed by atoms with E-state index in [1.54, 1.807) is 6.92 Å². The summed E-state index contributed by atoms with van der Waals surface area (Å²) in [6.45, 7) is 6.74. The molecular formula is C20H28O4. The van der Waals surface area contributed by atoms with Gasteiger partial charge in [-0.15, -0.1) is 0 Å². The van der Waals surface area contributed by atoms with Crippen molar-refractivity contribution < 1.29 is 19.0 Å². The molecule has 1 aliphatic carbocycles. The zero-order chi connectivity index (χ0) is 17.2. The molecule has 4 nitrogen and oxygen atoms in total. The normalized spacial score (nSPS) is 15.0. The molecule has 0 bridgehead atoms. The molecule has 1 saturated carbocycles. The number of benzene rings is 1. The monoisotopic (exact) mass is 332 g/mol. The van der Waals surface area contributed by atoms with E-state index in [2.05, 4.69) is 18.7 Å². The molecule has 132 valence electrons. The fourth-order valence-corrected chi connectivity index (χ4v) is 2.99. The van der Waals surface area contributed by atoms with E-state index in [9.17, 15) is 4.79 Å². The van der Waals surface area contributed by atoms with E-state index in [-0.39, 0.29) is 12.6 Å². The lowest BCUT2D eigenvalue weighted by Gasteiger charge is -2.24. The lowest BCUT2D eigenvalue weighted by Crippen LogP contribution is -2.14. The highest BCUT2D eigenvalue weighted by Gasteiger charge is 2.18. The molecule has 0 heterocycles. The van der Waals surface area contributed by atoms with Gasteiger partial charge in [-0.25, -0.2) is 4.79 Å². The van der Waals surface area contributed by atoms with Gasteiger partial charge in [-0.1, -0.05) is 44.0 Å². The van der Waals surface area contributed by atoms with Crippen molar-refractivity contribution in [2.24, 2.45) is 0 Å². The van der Waals surface area contributed by atoms with Gasteiger partial charge in [0.25, 0.3) is 0 Å². The van der Waals surface area contributed by atoms with Crippen LogP contribution in [0.5, 0.6) is 5.75 Å². The van der Waals surface area contributed by atoms with Crippen LogP contribution in [0.3, 0.4) is 0 Å². The number of ether oxygens (including phenoxy) is 3. The van der Waals surface area contributed by atoms with E-state index in [4.69, 9.17) is 14.2 Å². The SMILES string of the molecule is C=C(C)C(=O)OCCOCCOc1ccccc1C1CCCCC1. The average Bonchev–Trinajstić information content (AvgIpc) is 2.61. The number of carbonyl (C=O) groups is 1. The lowest BCUT2D eigenvalue weighted by atomic mass is 9.84. The fourth-order valence-electron chi connectivity index (χ4n) is 2.99. The van der Waals surface area contributed by atoms with Crippen molar-refractivity contribution in [3.05, 3.63) is 42.0 Å². The minimum absolute atomic E-state index is 0.240. The van der Waals surface area contributed by atoms with Crippen molar-refractivity contribution in [2.75, 3.05) is 26.4 Å².